The Labute approximate surface area is 122 Å². The zero-order chi connectivity index (χ0) is 15.4. The molecule has 1 unspecified atom stereocenters. The second-order valence-electron chi connectivity index (χ2n) is 5.03. The van der Waals surface area contributed by atoms with Crippen molar-refractivity contribution in [2.75, 3.05) is 13.2 Å². The lowest BCUT2D eigenvalue weighted by Gasteiger charge is -2.28. The Morgan fingerprint density at radius 3 is 2.90 bits per heavy atom. The minimum absolute atomic E-state index is 0.0586. The molecule has 0 bridgehead atoms. The van der Waals surface area contributed by atoms with Crippen LogP contribution in [0.2, 0.25) is 0 Å². The fourth-order valence-electron chi connectivity index (χ4n) is 2.38. The van der Waals surface area contributed by atoms with E-state index in [9.17, 15) is 14.3 Å². The van der Waals surface area contributed by atoms with Crippen LogP contribution in [0.15, 0.2) is 0 Å². The number of hydrogen-bond donors (Lipinski definition) is 1. The average Bonchev–Trinajstić information content (AvgIpc) is 2.70. The minimum atomic E-state index is -1.73. The van der Waals surface area contributed by atoms with E-state index in [0.29, 0.717) is 23.8 Å². The summed E-state index contributed by atoms with van der Waals surface area (Å²) in [5, 5.41) is 9.38. The number of aliphatic hydroxyl groups excluding tert-OH is 1. The topological polar surface area (TPSA) is 73.6 Å². The molecule has 0 radical (unpaired) electrons. The maximum absolute atomic E-state index is 14.0. The molecule has 7 heteroatoms. The molecule has 1 fully saturated rings. The third-order valence-electron chi connectivity index (χ3n) is 3.59. The Bertz CT molecular complexity index is 499. The lowest BCUT2D eigenvalue weighted by Crippen LogP contribution is -2.33. The Balaban J connectivity index is 2.16. The molecule has 0 saturated carbocycles. The first-order valence-electron chi connectivity index (χ1n) is 7.14. The number of carbonyl (C=O) groups excluding carboxylic acids is 1. The number of halogens is 1. The molecule has 1 N–H and O–H groups in total. The van der Waals surface area contributed by atoms with Gasteiger partial charge in [-0.15, -0.1) is 0 Å². The van der Waals surface area contributed by atoms with Crippen molar-refractivity contribution in [1.29, 1.82) is 0 Å². The van der Waals surface area contributed by atoms with Crippen LogP contribution in [-0.2, 0) is 33.8 Å². The Kier molecular flexibility index (Phi) is 5.30. The van der Waals surface area contributed by atoms with Gasteiger partial charge in [0.25, 0.3) is 0 Å². The highest BCUT2D eigenvalue weighted by atomic mass is 19.1. The van der Waals surface area contributed by atoms with Crippen LogP contribution in [0, 0.1) is 6.92 Å². The van der Waals surface area contributed by atoms with Gasteiger partial charge in [0.2, 0.25) is 6.17 Å². The summed E-state index contributed by atoms with van der Waals surface area (Å²) in [7, 11) is 0. The van der Waals surface area contributed by atoms with E-state index in [1.54, 1.807) is 18.4 Å². The van der Waals surface area contributed by atoms with E-state index in [4.69, 9.17) is 4.74 Å². The molecule has 1 aliphatic heterocycles. The number of aliphatic hydroxyl groups is 1. The molecule has 1 aromatic rings. The number of carbonyl (C=O) groups is 1. The van der Waals surface area contributed by atoms with E-state index in [-0.39, 0.29) is 25.7 Å². The molecule has 0 spiro atoms. The second kappa shape index (κ2) is 7.00. The summed E-state index contributed by atoms with van der Waals surface area (Å²) in [4.78, 5) is 15.7. The highest BCUT2D eigenvalue weighted by Gasteiger charge is 2.27. The van der Waals surface area contributed by atoms with Crippen LogP contribution in [0.4, 0.5) is 4.39 Å². The van der Waals surface area contributed by atoms with Crippen molar-refractivity contribution in [2.45, 2.75) is 52.1 Å². The Morgan fingerprint density at radius 2 is 2.38 bits per heavy atom. The molecule has 2 atom stereocenters. The molecule has 118 valence electrons. The lowest BCUT2D eigenvalue weighted by molar-refractivity contribution is -0.149. The average molecular weight is 300 g/mol. The normalized spacial score (nSPS) is 19.1. The quantitative estimate of drug-likeness (QED) is 0.758. The zero-order valence-corrected chi connectivity index (χ0v) is 12.3. The van der Waals surface area contributed by atoms with Gasteiger partial charge in [-0.05, 0) is 20.3 Å². The number of nitrogens with zero attached hydrogens (tertiary/aromatic N) is 2. The Morgan fingerprint density at radius 1 is 1.67 bits per heavy atom. The lowest BCUT2D eigenvalue weighted by atomic mass is 10.1. The number of esters is 1. The number of aromatic nitrogens is 2. The van der Waals surface area contributed by atoms with E-state index in [2.05, 4.69) is 9.72 Å². The predicted octanol–water partition coefficient (Wildman–Crippen LogP) is 0.916. The van der Waals surface area contributed by atoms with Crippen LogP contribution in [0.3, 0.4) is 0 Å². The second-order valence-corrected chi connectivity index (χ2v) is 5.03. The van der Waals surface area contributed by atoms with Gasteiger partial charge >= 0.3 is 5.97 Å². The van der Waals surface area contributed by atoms with Crippen molar-refractivity contribution >= 4 is 5.97 Å². The molecular formula is C14H21FN2O4. The maximum atomic E-state index is 14.0. The number of ether oxygens (including phenoxy) is 2. The predicted molar refractivity (Wildman–Crippen MR) is 72.5 cm³/mol. The summed E-state index contributed by atoms with van der Waals surface area (Å²) in [6, 6.07) is 0. The van der Waals surface area contributed by atoms with Crippen molar-refractivity contribution in [2.24, 2.45) is 0 Å². The molecule has 1 aromatic heterocycles. The molecule has 0 aromatic carbocycles. The third kappa shape index (κ3) is 3.59. The number of alkyl halides is 1. The van der Waals surface area contributed by atoms with Gasteiger partial charge in [-0.1, -0.05) is 0 Å². The third-order valence-corrected chi connectivity index (χ3v) is 3.59. The van der Waals surface area contributed by atoms with E-state index >= 15 is 0 Å². The number of aryl methyl sites for hydroxylation is 1. The first-order chi connectivity index (χ1) is 10.1. The fraction of sp³-hybridized carbons (Fsp3) is 0.714. The van der Waals surface area contributed by atoms with Crippen molar-refractivity contribution in [3.8, 4) is 0 Å². The van der Waals surface area contributed by atoms with Crippen molar-refractivity contribution in [3.63, 3.8) is 0 Å². The van der Waals surface area contributed by atoms with Gasteiger partial charge in [0, 0.05) is 18.7 Å². The van der Waals surface area contributed by atoms with Crippen LogP contribution in [-0.4, -0.2) is 46.1 Å². The smallest absolute Gasteiger partial charge is 0.341 e. The van der Waals surface area contributed by atoms with E-state index < -0.39 is 12.1 Å². The van der Waals surface area contributed by atoms with Crippen molar-refractivity contribution in [3.05, 3.63) is 17.2 Å². The minimum Gasteiger partial charge on any atom is -0.464 e. The Hall–Kier alpha value is -1.47. The van der Waals surface area contributed by atoms with E-state index in [0.717, 1.165) is 13.0 Å². The molecule has 2 heterocycles. The first kappa shape index (κ1) is 15.9. The van der Waals surface area contributed by atoms with Crippen LogP contribution >= 0.6 is 0 Å². The molecule has 6 nitrogen and oxygen atoms in total. The van der Waals surface area contributed by atoms with Gasteiger partial charge in [-0.2, -0.15) is 0 Å². The monoisotopic (exact) mass is 300 g/mol. The molecule has 2 rings (SSSR count). The zero-order valence-electron chi connectivity index (χ0n) is 12.3. The van der Waals surface area contributed by atoms with Crippen molar-refractivity contribution in [1.82, 2.24) is 9.55 Å². The number of rotatable bonds is 7. The summed E-state index contributed by atoms with van der Waals surface area (Å²) in [6.45, 7) is 4.53. The van der Waals surface area contributed by atoms with Gasteiger partial charge < -0.3 is 19.1 Å². The van der Waals surface area contributed by atoms with E-state index in [1.165, 1.54) is 0 Å². The van der Waals surface area contributed by atoms with Crippen LogP contribution in [0.25, 0.3) is 0 Å². The SMILES string of the molecule is CCOC(=O)C(F)Cc1c(C)nc(CO)n1C[C@@H]1CCO1. The highest BCUT2D eigenvalue weighted by Crippen LogP contribution is 2.20. The first-order valence-corrected chi connectivity index (χ1v) is 7.14. The number of hydrogen-bond acceptors (Lipinski definition) is 5. The summed E-state index contributed by atoms with van der Waals surface area (Å²) < 4.78 is 25.8. The maximum Gasteiger partial charge on any atom is 0.341 e. The van der Waals surface area contributed by atoms with Crippen molar-refractivity contribution < 1.29 is 23.8 Å². The van der Waals surface area contributed by atoms with Gasteiger partial charge in [0.15, 0.2) is 0 Å². The van der Waals surface area contributed by atoms with Crippen LogP contribution in [0.1, 0.15) is 30.6 Å². The van der Waals surface area contributed by atoms with Gasteiger partial charge in [0.1, 0.15) is 12.4 Å². The summed E-state index contributed by atoms with van der Waals surface area (Å²) in [5.74, 6) is -0.399. The molecule has 1 aliphatic rings. The molecule has 21 heavy (non-hydrogen) atoms. The van der Waals surface area contributed by atoms with Gasteiger partial charge in [-0.3, -0.25) is 0 Å². The molecule has 0 aliphatic carbocycles. The standard InChI is InChI=1S/C14H21FN2O4/c1-3-20-14(19)11(15)6-12-9(2)16-13(8-18)17(12)7-10-4-5-21-10/h10-11,18H,3-8H2,1-2H3/t10-,11?/m0/s1. The summed E-state index contributed by atoms with van der Waals surface area (Å²) >= 11 is 0. The van der Waals surface area contributed by atoms with Crippen LogP contribution in [0.5, 0.6) is 0 Å². The molecule has 1 saturated heterocycles. The molecular weight excluding hydrogens is 279 g/mol. The fourth-order valence-corrected chi connectivity index (χ4v) is 2.38. The summed E-state index contributed by atoms with van der Waals surface area (Å²) in [5.41, 5.74) is 1.22. The van der Waals surface area contributed by atoms with E-state index in [1.807, 2.05) is 0 Å². The summed E-state index contributed by atoms with van der Waals surface area (Å²) in [6.07, 6.45) is -0.848. The van der Waals surface area contributed by atoms with Crippen LogP contribution < -0.4 is 0 Å². The number of imidazole rings is 1. The van der Waals surface area contributed by atoms with Gasteiger partial charge in [-0.25, -0.2) is 14.2 Å². The molecule has 0 amide bonds. The van der Waals surface area contributed by atoms with Gasteiger partial charge in [0.05, 0.1) is 24.9 Å². The highest BCUT2D eigenvalue weighted by molar-refractivity contribution is 5.74. The largest absolute Gasteiger partial charge is 0.464 e.